The molecule has 42 heavy (non-hydrogen) atoms. The summed E-state index contributed by atoms with van der Waals surface area (Å²) in [7, 11) is 0. The maximum atomic E-state index is 14.2. The average molecular weight is 616 g/mol. The highest BCUT2D eigenvalue weighted by molar-refractivity contribution is 6.39. The van der Waals surface area contributed by atoms with Crippen molar-refractivity contribution in [3.63, 3.8) is 0 Å². The molecule has 1 aliphatic heterocycles. The molecule has 10 nitrogen and oxygen atoms in total. The number of aliphatic imine (C=N–C) groups is 1. The molecular formula is C29H28Cl2FN5O5. The Bertz CT molecular complexity index is 1550. The summed E-state index contributed by atoms with van der Waals surface area (Å²) in [6.07, 6.45) is -0.633. The van der Waals surface area contributed by atoms with E-state index in [1.807, 2.05) is 13.8 Å². The predicted octanol–water partition coefficient (Wildman–Crippen LogP) is 4.72. The molecule has 0 aliphatic carbocycles. The molecular weight excluding hydrogens is 588 g/mol. The largest absolute Gasteiger partial charge is 0.493 e. The molecule has 3 aromatic rings. The molecule has 0 fully saturated rings. The number of rotatable bonds is 10. The number of aromatic nitrogens is 1. The van der Waals surface area contributed by atoms with E-state index in [1.165, 1.54) is 11.0 Å². The van der Waals surface area contributed by atoms with Crippen LogP contribution in [0, 0.1) is 5.82 Å². The Balaban J connectivity index is 1.72. The molecule has 13 heteroatoms. The van der Waals surface area contributed by atoms with Gasteiger partial charge in [0.15, 0.2) is 6.61 Å². The number of pyridine rings is 1. The van der Waals surface area contributed by atoms with Gasteiger partial charge in [-0.1, -0.05) is 41.4 Å². The van der Waals surface area contributed by atoms with E-state index in [0.29, 0.717) is 47.3 Å². The molecule has 1 unspecified atom stereocenters. The van der Waals surface area contributed by atoms with E-state index in [4.69, 9.17) is 32.7 Å². The number of para-hydroxylation sites is 1. The Morgan fingerprint density at radius 3 is 2.55 bits per heavy atom. The van der Waals surface area contributed by atoms with Crippen LogP contribution in [0.25, 0.3) is 0 Å². The quantitative estimate of drug-likeness (QED) is 0.340. The predicted molar refractivity (Wildman–Crippen MR) is 157 cm³/mol. The number of anilines is 1. The number of benzodiazepines with no additional fused rings is 1. The average Bonchev–Trinajstić information content (AvgIpc) is 3.08. The van der Waals surface area contributed by atoms with Crippen LogP contribution < -0.4 is 20.1 Å². The smallest absolute Gasteiger partial charge is 0.269 e. The van der Waals surface area contributed by atoms with Crippen LogP contribution in [0.4, 0.5) is 10.1 Å². The second kappa shape index (κ2) is 13.6. The maximum absolute atomic E-state index is 14.2. The lowest BCUT2D eigenvalue weighted by Crippen LogP contribution is -2.42. The summed E-state index contributed by atoms with van der Waals surface area (Å²) in [6, 6.07) is 10.9. The third-order valence-electron chi connectivity index (χ3n) is 6.28. The van der Waals surface area contributed by atoms with Gasteiger partial charge >= 0.3 is 0 Å². The van der Waals surface area contributed by atoms with Crippen molar-refractivity contribution in [3.05, 3.63) is 81.2 Å². The monoisotopic (exact) mass is 615 g/mol. The number of ether oxygens (including phenoxy) is 2. The topological polar surface area (TPSA) is 122 Å². The molecule has 4 rings (SSSR count). The summed E-state index contributed by atoms with van der Waals surface area (Å²) in [6.45, 7) is 6.22. The number of nitrogens with one attached hydrogen (secondary N) is 2. The number of carbonyl (C=O) groups is 3. The van der Waals surface area contributed by atoms with E-state index in [0.717, 1.165) is 12.3 Å². The molecule has 2 N–H and O–H groups in total. The van der Waals surface area contributed by atoms with Gasteiger partial charge < -0.3 is 25.0 Å². The highest BCUT2D eigenvalue weighted by atomic mass is 35.5. The molecule has 2 aromatic carbocycles. The Kier molecular flexibility index (Phi) is 9.97. The highest BCUT2D eigenvalue weighted by Crippen LogP contribution is 2.36. The lowest BCUT2D eigenvalue weighted by molar-refractivity contribution is -0.133. The number of nitrogens with zero attached hydrogens (tertiary/aromatic N) is 3. The van der Waals surface area contributed by atoms with E-state index in [1.54, 1.807) is 37.3 Å². The van der Waals surface area contributed by atoms with Crippen molar-refractivity contribution < 1.29 is 28.2 Å². The molecule has 1 aliphatic rings. The first kappa shape index (κ1) is 30.7. The number of hydrogen-bond acceptors (Lipinski definition) is 7. The number of fused-ring (bicyclic) bond motifs is 1. The number of likely N-dealkylation sites (N-methyl/N-ethyl adjacent to an activating group) is 1. The molecule has 1 atom stereocenters. The van der Waals surface area contributed by atoms with Gasteiger partial charge in [-0.2, -0.15) is 0 Å². The molecule has 0 saturated carbocycles. The fourth-order valence-corrected chi connectivity index (χ4v) is 4.87. The first-order valence-corrected chi connectivity index (χ1v) is 13.9. The molecule has 0 spiro atoms. The zero-order valence-electron chi connectivity index (χ0n) is 23.0. The van der Waals surface area contributed by atoms with Crippen LogP contribution in [0.1, 0.15) is 42.3 Å². The van der Waals surface area contributed by atoms with Gasteiger partial charge in [0.25, 0.3) is 17.7 Å². The van der Waals surface area contributed by atoms with Gasteiger partial charge in [0.05, 0.1) is 34.8 Å². The van der Waals surface area contributed by atoms with Crippen LogP contribution >= 0.6 is 23.2 Å². The minimum atomic E-state index is -1.49. The number of amides is 3. The lowest BCUT2D eigenvalue weighted by atomic mass is 9.99. The van der Waals surface area contributed by atoms with Gasteiger partial charge in [-0.05, 0) is 45.0 Å². The summed E-state index contributed by atoms with van der Waals surface area (Å²) >= 11 is 12.8. The van der Waals surface area contributed by atoms with Crippen molar-refractivity contribution in [2.24, 2.45) is 4.99 Å². The second-order valence-electron chi connectivity index (χ2n) is 8.94. The first-order valence-electron chi connectivity index (χ1n) is 13.1. The first-order chi connectivity index (χ1) is 20.2. The van der Waals surface area contributed by atoms with Crippen LogP contribution in [0.5, 0.6) is 11.6 Å². The van der Waals surface area contributed by atoms with Crippen LogP contribution in [0.15, 0.2) is 53.7 Å². The van der Waals surface area contributed by atoms with E-state index in [2.05, 4.69) is 20.6 Å². The highest BCUT2D eigenvalue weighted by Gasteiger charge is 2.31. The third kappa shape index (κ3) is 6.80. The number of benzene rings is 2. The van der Waals surface area contributed by atoms with Gasteiger partial charge in [0.1, 0.15) is 17.1 Å². The Hall–Kier alpha value is -4.22. The molecule has 0 saturated heterocycles. The normalized spacial score (nSPS) is 14.2. The van der Waals surface area contributed by atoms with Crippen LogP contribution in [-0.2, 0) is 9.59 Å². The summed E-state index contributed by atoms with van der Waals surface area (Å²) in [4.78, 5) is 49.1. The standard InChI is InChI=1S/C29H28Cl2FN5O5/c1-4-37(5-2)23(38)15-42-29-19(13-17(32)14-33-29)27(39)36-26-28(40)34-21-10-8-7-9-18(21)25(35-26)24-20(31)11-16(30)12-22(24)41-6-3/h7-14,26H,4-6,15H2,1-3H3,(H,34,40)(H,36,39). The van der Waals surface area contributed by atoms with Crippen molar-refractivity contribution in [3.8, 4) is 11.6 Å². The van der Waals surface area contributed by atoms with E-state index >= 15 is 0 Å². The maximum Gasteiger partial charge on any atom is 0.269 e. The summed E-state index contributed by atoms with van der Waals surface area (Å²) in [5, 5.41) is 5.81. The van der Waals surface area contributed by atoms with E-state index in [-0.39, 0.29) is 28.1 Å². The second-order valence-corrected chi connectivity index (χ2v) is 9.79. The van der Waals surface area contributed by atoms with Crippen molar-refractivity contribution in [2.45, 2.75) is 26.9 Å². The Labute approximate surface area is 251 Å². The van der Waals surface area contributed by atoms with Gasteiger partial charge in [-0.15, -0.1) is 0 Å². The van der Waals surface area contributed by atoms with Crippen molar-refractivity contribution in [1.82, 2.24) is 15.2 Å². The Morgan fingerprint density at radius 2 is 1.83 bits per heavy atom. The van der Waals surface area contributed by atoms with Crippen LogP contribution in [0.3, 0.4) is 0 Å². The van der Waals surface area contributed by atoms with Crippen LogP contribution in [0.2, 0.25) is 10.0 Å². The molecule has 1 aromatic heterocycles. The third-order valence-corrected chi connectivity index (χ3v) is 6.80. The van der Waals surface area contributed by atoms with Crippen molar-refractivity contribution in [2.75, 3.05) is 31.6 Å². The number of carbonyl (C=O) groups excluding carboxylic acids is 3. The minimum absolute atomic E-state index is 0.210. The summed E-state index contributed by atoms with van der Waals surface area (Å²) in [5.41, 5.74) is 1.21. The number of halogens is 3. The fourth-order valence-electron chi connectivity index (χ4n) is 4.31. The SMILES string of the molecule is CCOc1cc(Cl)cc(Cl)c1C1=NC(NC(=O)c2cc(F)cnc2OCC(=O)N(CC)CC)C(=O)Nc2ccccc21. The molecule has 0 radical (unpaired) electrons. The minimum Gasteiger partial charge on any atom is -0.493 e. The van der Waals surface area contributed by atoms with Crippen LogP contribution in [-0.4, -0.2) is 65.8 Å². The van der Waals surface area contributed by atoms with Gasteiger partial charge in [0.2, 0.25) is 12.0 Å². The summed E-state index contributed by atoms with van der Waals surface area (Å²) in [5.74, 6) is -2.69. The molecule has 220 valence electrons. The van der Waals surface area contributed by atoms with Crippen molar-refractivity contribution >= 4 is 52.3 Å². The molecule has 0 bridgehead atoms. The van der Waals surface area contributed by atoms with E-state index < -0.39 is 30.4 Å². The van der Waals surface area contributed by atoms with Crippen molar-refractivity contribution in [1.29, 1.82) is 0 Å². The summed E-state index contributed by atoms with van der Waals surface area (Å²) < 4.78 is 25.5. The zero-order chi connectivity index (χ0) is 30.4. The number of hydrogen-bond donors (Lipinski definition) is 2. The Morgan fingerprint density at radius 1 is 1.10 bits per heavy atom. The van der Waals surface area contributed by atoms with Gasteiger partial charge in [0, 0.05) is 23.7 Å². The van der Waals surface area contributed by atoms with E-state index in [9.17, 15) is 18.8 Å². The molecule has 2 heterocycles. The lowest BCUT2D eigenvalue weighted by Gasteiger charge is -2.19. The molecule has 3 amide bonds. The zero-order valence-corrected chi connectivity index (χ0v) is 24.6. The van der Waals surface area contributed by atoms with Gasteiger partial charge in [-0.25, -0.2) is 14.4 Å². The van der Waals surface area contributed by atoms with Gasteiger partial charge in [-0.3, -0.25) is 14.4 Å². The fraction of sp³-hybridized carbons (Fsp3) is 0.276.